The molecule has 0 amide bonds. The van der Waals surface area contributed by atoms with E-state index in [1.165, 1.54) is 0 Å². The van der Waals surface area contributed by atoms with Gasteiger partial charge in [-0.1, -0.05) is 18.2 Å². The number of halogens is 1. The Morgan fingerprint density at radius 2 is 2.00 bits per heavy atom. The molecule has 5 nitrogen and oxygen atoms in total. The lowest BCUT2D eigenvalue weighted by Crippen LogP contribution is -2.23. The molecule has 2 aromatic rings. The van der Waals surface area contributed by atoms with Gasteiger partial charge in [0.1, 0.15) is 11.3 Å². The predicted octanol–water partition coefficient (Wildman–Crippen LogP) is 1.90. The van der Waals surface area contributed by atoms with E-state index in [4.69, 9.17) is 16.2 Å². The number of hydrogen-bond acceptors (Lipinski definition) is 3. The number of rotatable bonds is 5. The van der Waals surface area contributed by atoms with Gasteiger partial charge in [0.15, 0.2) is 5.96 Å². The van der Waals surface area contributed by atoms with Gasteiger partial charge in [-0.15, -0.1) is 24.0 Å². The number of aromatic nitrogens is 1. The Morgan fingerprint density at radius 3 is 2.79 bits per heavy atom. The number of fused-ring (bicyclic) bond motifs is 1. The maximum Gasteiger partial charge on any atom is 0.185 e. The molecule has 0 aliphatic rings. The minimum Gasteiger partial charge on any atom is -0.491 e. The van der Waals surface area contributed by atoms with E-state index in [1.807, 2.05) is 30.3 Å². The van der Waals surface area contributed by atoms with Crippen molar-refractivity contribution in [1.82, 2.24) is 4.98 Å². The van der Waals surface area contributed by atoms with Crippen LogP contribution in [0.15, 0.2) is 41.5 Å². The fourth-order valence-corrected chi connectivity index (χ4v) is 1.65. The molecule has 0 aliphatic heterocycles. The van der Waals surface area contributed by atoms with Gasteiger partial charge in [0.25, 0.3) is 0 Å². The van der Waals surface area contributed by atoms with Gasteiger partial charge >= 0.3 is 0 Å². The Hall–Kier alpha value is -1.57. The molecule has 0 saturated carbocycles. The molecule has 2 rings (SSSR count). The highest BCUT2D eigenvalue weighted by Gasteiger charge is 2.01. The number of ether oxygens (including phenoxy) is 1. The first-order valence-electron chi connectivity index (χ1n) is 5.79. The number of nitrogens with zero attached hydrogens (tertiary/aromatic N) is 2. The number of para-hydroxylation sites is 1. The van der Waals surface area contributed by atoms with Gasteiger partial charge < -0.3 is 16.2 Å². The number of guanidine groups is 1. The van der Waals surface area contributed by atoms with Crippen LogP contribution in [0.25, 0.3) is 10.9 Å². The average molecular weight is 372 g/mol. The number of benzene rings is 1. The standard InChI is InChI=1S/C13H16N4O.HI/c14-13(15)17-8-3-9-18-11-6-1-4-10-5-2-7-16-12(10)11;/h1-2,4-7H,3,8-9H2,(H4,14,15,17);1H. The molecule has 0 aliphatic carbocycles. The predicted molar refractivity (Wildman–Crippen MR) is 87.9 cm³/mol. The zero-order valence-electron chi connectivity index (χ0n) is 10.5. The molecule has 19 heavy (non-hydrogen) atoms. The van der Waals surface area contributed by atoms with Gasteiger partial charge in [-0.2, -0.15) is 0 Å². The highest BCUT2D eigenvalue weighted by Crippen LogP contribution is 2.22. The maximum atomic E-state index is 5.69. The smallest absolute Gasteiger partial charge is 0.185 e. The van der Waals surface area contributed by atoms with E-state index in [9.17, 15) is 0 Å². The van der Waals surface area contributed by atoms with E-state index in [0.29, 0.717) is 13.2 Å². The van der Waals surface area contributed by atoms with Crippen molar-refractivity contribution in [1.29, 1.82) is 0 Å². The van der Waals surface area contributed by atoms with E-state index in [2.05, 4.69) is 9.98 Å². The quantitative estimate of drug-likeness (QED) is 0.363. The average Bonchev–Trinajstić information content (AvgIpc) is 2.38. The largest absolute Gasteiger partial charge is 0.491 e. The van der Waals surface area contributed by atoms with Gasteiger partial charge in [-0.3, -0.25) is 9.98 Å². The molecule has 0 bridgehead atoms. The van der Waals surface area contributed by atoms with Crippen molar-refractivity contribution >= 4 is 40.8 Å². The van der Waals surface area contributed by atoms with E-state index in [1.54, 1.807) is 6.20 Å². The van der Waals surface area contributed by atoms with Crippen LogP contribution in [0.4, 0.5) is 0 Å². The summed E-state index contributed by atoms with van der Waals surface area (Å²) in [5.74, 6) is 0.902. The summed E-state index contributed by atoms with van der Waals surface area (Å²) in [6.45, 7) is 1.13. The summed E-state index contributed by atoms with van der Waals surface area (Å²) >= 11 is 0. The first-order chi connectivity index (χ1) is 8.77. The third-order valence-corrected chi connectivity index (χ3v) is 2.45. The maximum absolute atomic E-state index is 5.69. The van der Waals surface area contributed by atoms with Gasteiger partial charge in [-0.05, 0) is 12.1 Å². The molecule has 1 heterocycles. The molecule has 0 atom stereocenters. The van der Waals surface area contributed by atoms with E-state index >= 15 is 0 Å². The molecule has 102 valence electrons. The molecular formula is C13H17IN4O. The van der Waals surface area contributed by atoms with Crippen LogP contribution in [-0.2, 0) is 0 Å². The van der Waals surface area contributed by atoms with E-state index in [-0.39, 0.29) is 29.9 Å². The van der Waals surface area contributed by atoms with Crippen LogP contribution >= 0.6 is 24.0 Å². The molecule has 1 aromatic carbocycles. The first-order valence-corrected chi connectivity index (χ1v) is 5.79. The van der Waals surface area contributed by atoms with Crippen LogP contribution in [0.5, 0.6) is 5.75 Å². The second kappa shape index (κ2) is 7.78. The normalized spacial score (nSPS) is 9.68. The number of pyridine rings is 1. The highest BCUT2D eigenvalue weighted by atomic mass is 127. The summed E-state index contributed by atoms with van der Waals surface area (Å²) in [5.41, 5.74) is 11.4. The third-order valence-electron chi connectivity index (χ3n) is 2.45. The van der Waals surface area contributed by atoms with Crippen LogP contribution in [-0.4, -0.2) is 24.1 Å². The fourth-order valence-electron chi connectivity index (χ4n) is 1.65. The second-order valence-corrected chi connectivity index (χ2v) is 3.84. The van der Waals surface area contributed by atoms with Gasteiger partial charge in [-0.25, -0.2) is 0 Å². The zero-order valence-corrected chi connectivity index (χ0v) is 12.8. The molecule has 0 radical (unpaired) electrons. The molecule has 0 saturated heterocycles. The Labute approximate surface area is 129 Å². The van der Waals surface area contributed by atoms with Crippen molar-refractivity contribution in [3.05, 3.63) is 36.5 Å². The SMILES string of the molecule is I.NC(N)=NCCCOc1cccc2cccnc12. The summed E-state index contributed by atoms with van der Waals surface area (Å²) in [6.07, 6.45) is 2.52. The van der Waals surface area contributed by atoms with Gasteiger partial charge in [0.2, 0.25) is 0 Å². The summed E-state index contributed by atoms with van der Waals surface area (Å²) in [7, 11) is 0. The number of hydrogen-bond donors (Lipinski definition) is 2. The second-order valence-electron chi connectivity index (χ2n) is 3.84. The van der Waals surface area contributed by atoms with Gasteiger partial charge in [0, 0.05) is 24.5 Å². The fraction of sp³-hybridized carbons (Fsp3) is 0.231. The Balaban J connectivity index is 0.00000180. The molecule has 0 unspecified atom stereocenters. The number of aliphatic imine (C=N–C) groups is 1. The number of nitrogens with two attached hydrogens (primary N) is 2. The van der Waals surface area contributed by atoms with Gasteiger partial charge in [0.05, 0.1) is 6.61 Å². The lowest BCUT2D eigenvalue weighted by molar-refractivity contribution is 0.316. The van der Waals surface area contributed by atoms with Crippen molar-refractivity contribution in [3.8, 4) is 5.75 Å². The summed E-state index contributed by atoms with van der Waals surface area (Å²) in [5, 5.41) is 1.07. The summed E-state index contributed by atoms with van der Waals surface area (Å²) < 4.78 is 5.69. The van der Waals surface area contributed by atoms with Crippen molar-refractivity contribution in [2.24, 2.45) is 16.5 Å². The van der Waals surface area contributed by atoms with Crippen LogP contribution in [0.1, 0.15) is 6.42 Å². The minimum atomic E-state index is 0. The lowest BCUT2D eigenvalue weighted by Gasteiger charge is -2.07. The minimum absolute atomic E-state index is 0. The topological polar surface area (TPSA) is 86.5 Å². The Kier molecular flexibility index (Phi) is 6.34. The van der Waals surface area contributed by atoms with E-state index in [0.717, 1.165) is 23.1 Å². The molecule has 4 N–H and O–H groups in total. The monoisotopic (exact) mass is 372 g/mol. The van der Waals surface area contributed by atoms with Crippen molar-refractivity contribution in [2.75, 3.05) is 13.2 Å². The van der Waals surface area contributed by atoms with Crippen LogP contribution < -0.4 is 16.2 Å². The zero-order chi connectivity index (χ0) is 12.8. The summed E-state index contributed by atoms with van der Waals surface area (Å²) in [6, 6.07) is 9.79. The van der Waals surface area contributed by atoms with Crippen molar-refractivity contribution in [3.63, 3.8) is 0 Å². The first kappa shape index (κ1) is 15.5. The Bertz CT molecular complexity index is 550. The highest BCUT2D eigenvalue weighted by molar-refractivity contribution is 14.0. The van der Waals surface area contributed by atoms with Crippen LogP contribution in [0.2, 0.25) is 0 Å². The third kappa shape index (κ3) is 4.55. The van der Waals surface area contributed by atoms with Crippen molar-refractivity contribution in [2.45, 2.75) is 6.42 Å². The summed E-state index contributed by atoms with van der Waals surface area (Å²) in [4.78, 5) is 8.21. The molecule has 1 aromatic heterocycles. The molecule has 0 fully saturated rings. The van der Waals surface area contributed by atoms with Crippen molar-refractivity contribution < 1.29 is 4.74 Å². The van der Waals surface area contributed by atoms with E-state index < -0.39 is 0 Å². The molecule has 6 heteroatoms. The lowest BCUT2D eigenvalue weighted by atomic mass is 10.2. The Morgan fingerprint density at radius 1 is 1.21 bits per heavy atom. The van der Waals surface area contributed by atoms with Crippen LogP contribution in [0.3, 0.4) is 0 Å². The molecular weight excluding hydrogens is 355 g/mol. The molecule has 0 spiro atoms. The van der Waals surface area contributed by atoms with Crippen LogP contribution in [0, 0.1) is 0 Å².